The van der Waals surface area contributed by atoms with Gasteiger partial charge in [-0.1, -0.05) is 105 Å². The van der Waals surface area contributed by atoms with Crippen LogP contribution in [0.3, 0.4) is 0 Å². The lowest BCUT2D eigenvalue weighted by atomic mass is 9.25. The van der Waals surface area contributed by atoms with Gasteiger partial charge < -0.3 is 14.5 Å². The summed E-state index contributed by atoms with van der Waals surface area (Å²) in [5.41, 5.74) is 11.4. The van der Waals surface area contributed by atoms with Crippen LogP contribution in [0.4, 0.5) is 11.4 Å². The molecule has 5 heterocycles. The van der Waals surface area contributed by atoms with Crippen molar-refractivity contribution in [2.75, 3.05) is 9.80 Å². The van der Waals surface area contributed by atoms with Crippen LogP contribution in [0.1, 0.15) is 114 Å². The molecule has 10 atom stereocenters. The topological polar surface area (TPSA) is 15.7 Å². The minimum Gasteiger partial charge on any atom is -0.376 e. The van der Waals surface area contributed by atoms with E-state index in [1.807, 2.05) is 0 Å². The summed E-state index contributed by atoms with van der Waals surface area (Å²) in [6, 6.07) is 23.6. The van der Waals surface area contributed by atoms with E-state index in [9.17, 15) is 0 Å². The van der Waals surface area contributed by atoms with Crippen molar-refractivity contribution in [3.8, 4) is 0 Å². The number of fused-ring (bicyclic) bond motifs is 11. The Hall–Kier alpha value is -3.41. The summed E-state index contributed by atoms with van der Waals surface area (Å²) in [6.45, 7) is 8.34. The Morgan fingerprint density at radius 3 is 2.53 bits per heavy atom. The number of anilines is 2. The molecule has 4 fully saturated rings. The fraction of sp³-hybridized carbons (Fsp3) is 0.500. The summed E-state index contributed by atoms with van der Waals surface area (Å²) >= 11 is 2.09. The van der Waals surface area contributed by atoms with E-state index >= 15 is 0 Å². The van der Waals surface area contributed by atoms with Crippen molar-refractivity contribution < 1.29 is 4.74 Å². The van der Waals surface area contributed by atoms with Gasteiger partial charge in [0, 0.05) is 56.4 Å². The number of nitrogens with zero attached hydrogens (tertiary/aromatic N) is 2. The summed E-state index contributed by atoms with van der Waals surface area (Å²) in [5.74, 6) is 1.97. The molecule has 290 valence electrons. The van der Waals surface area contributed by atoms with Gasteiger partial charge in [0.05, 0.1) is 18.1 Å². The van der Waals surface area contributed by atoms with E-state index in [4.69, 9.17) is 4.74 Å². The van der Waals surface area contributed by atoms with Gasteiger partial charge in [0.2, 0.25) is 6.71 Å². The van der Waals surface area contributed by atoms with Gasteiger partial charge in [0.15, 0.2) is 0 Å². The van der Waals surface area contributed by atoms with E-state index in [-0.39, 0.29) is 29.1 Å². The number of ether oxygens (including phenoxy) is 1. The van der Waals surface area contributed by atoms with Gasteiger partial charge in [0.25, 0.3) is 0 Å². The Labute approximate surface area is 344 Å². The first kappa shape index (κ1) is 34.5. The average Bonchev–Trinajstić information content (AvgIpc) is 3.85. The second-order valence-corrected chi connectivity index (χ2v) is 21.6. The predicted octanol–water partition coefficient (Wildman–Crippen LogP) is 9.47. The van der Waals surface area contributed by atoms with Crippen molar-refractivity contribution in [3.63, 3.8) is 0 Å². The molecule has 13 rings (SSSR count). The molecule has 0 amide bonds. The van der Waals surface area contributed by atoms with Gasteiger partial charge in [-0.3, -0.25) is 0 Å². The largest absolute Gasteiger partial charge is 0.376 e. The van der Waals surface area contributed by atoms with Crippen LogP contribution in [0.25, 0.3) is 17.7 Å². The second kappa shape index (κ2) is 12.3. The third-order valence-electron chi connectivity index (χ3n) is 17.5. The third kappa shape index (κ3) is 4.63. The lowest BCUT2D eigenvalue weighted by molar-refractivity contribution is 0.103. The molecule has 3 nitrogen and oxygen atoms in total. The van der Waals surface area contributed by atoms with E-state index in [0.717, 1.165) is 0 Å². The van der Waals surface area contributed by atoms with Crippen molar-refractivity contribution in [1.29, 1.82) is 0 Å². The van der Waals surface area contributed by atoms with Crippen LogP contribution in [-0.2, 0) is 10.2 Å². The van der Waals surface area contributed by atoms with E-state index < -0.39 is 0 Å². The van der Waals surface area contributed by atoms with E-state index in [1.165, 1.54) is 97.2 Å². The summed E-state index contributed by atoms with van der Waals surface area (Å²) in [4.78, 5) is 7.62. The van der Waals surface area contributed by atoms with Crippen LogP contribution in [0, 0.1) is 11.8 Å². The predicted molar refractivity (Wildman–Crippen MR) is 239 cm³/mol. The molecule has 10 unspecified atom stereocenters. The zero-order valence-corrected chi connectivity index (χ0v) is 34.9. The SMILES string of the molecule is CC1CC2C3B(c4cc(C5=CCCCC5)cc5c4N(C3C1)C(C)(C)C51CCCCC1)C1OC3C=c4ccccc4=CC3C1N2c1ccc2c(c1)SC1C=CC=CC21. The van der Waals surface area contributed by atoms with E-state index in [2.05, 4.69) is 139 Å². The molecule has 10 aliphatic rings. The second-order valence-electron chi connectivity index (χ2n) is 20.4. The zero-order valence-electron chi connectivity index (χ0n) is 34.1. The maximum absolute atomic E-state index is 7.75. The summed E-state index contributed by atoms with van der Waals surface area (Å²) < 4.78 is 7.75. The number of benzene rings is 3. The minimum absolute atomic E-state index is 0.0677. The number of allylic oxidation sites excluding steroid dienone is 5. The van der Waals surface area contributed by atoms with Crippen molar-refractivity contribution in [2.45, 2.75) is 154 Å². The molecule has 3 aromatic carbocycles. The molecule has 3 aromatic rings. The van der Waals surface area contributed by atoms with E-state index in [1.54, 1.807) is 27.9 Å². The molecule has 1 spiro atoms. The first-order valence-corrected chi connectivity index (χ1v) is 23.8. The molecule has 0 N–H and O–H groups in total. The summed E-state index contributed by atoms with van der Waals surface area (Å²) in [6.07, 6.45) is 31.6. The molecule has 5 aliphatic carbocycles. The zero-order chi connectivity index (χ0) is 37.8. The molecule has 0 radical (unpaired) electrons. The van der Waals surface area contributed by atoms with Gasteiger partial charge in [-0.2, -0.15) is 0 Å². The standard InChI is InChI=1S/C52H57BN2OS/c1-31-24-42-47-43(25-31)55-49-40(52(51(55,2)3)22-12-5-13-23-52)27-35(32-14-6-4-7-15-32)28-41(49)53(47)50-48(39-26-33-16-8-9-17-34(33)29-44(39)56-50)54(42)36-20-21-38-37-18-10-11-19-45(37)57-46(38)30-36/h8-11,14,16-21,26-31,37,39,42-45,47-48,50H,4-7,12-13,15,22-25H2,1-3H3. The van der Waals surface area contributed by atoms with E-state index in [0.29, 0.717) is 47.6 Å². The van der Waals surface area contributed by atoms with Crippen LogP contribution in [0.5, 0.6) is 0 Å². The minimum atomic E-state index is 0.0677. The van der Waals surface area contributed by atoms with Crippen LogP contribution >= 0.6 is 11.8 Å². The quantitative estimate of drug-likeness (QED) is 0.242. The maximum Gasteiger partial charge on any atom is 0.222 e. The first-order valence-electron chi connectivity index (χ1n) is 22.9. The molecule has 57 heavy (non-hydrogen) atoms. The van der Waals surface area contributed by atoms with Crippen molar-refractivity contribution in [2.24, 2.45) is 11.8 Å². The molecule has 0 bridgehead atoms. The molecule has 0 aromatic heterocycles. The Balaban J connectivity index is 1.05. The monoisotopic (exact) mass is 768 g/mol. The van der Waals surface area contributed by atoms with Crippen molar-refractivity contribution in [3.05, 3.63) is 112 Å². The number of hydrogen-bond acceptors (Lipinski definition) is 4. The van der Waals surface area contributed by atoms with Crippen LogP contribution in [0.2, 0.25) is 5.82 Å². The Morgan fingerprint density at radius 2 is 1.68 bits per heavy atom. The number of thioether (sulfide) groups is 1. The smallest absolute Gasteiger partial charge is 0.222 e. The Kier molecular flexibility index (Phi) is 7.45. The van der Waals surface area contributed by atoms with Crippen molar-refractivity contribution in [1.82, 2.24) is 0 Å². The van der Waals surface area contributed by atoms with Gasteiger partial charge in [-0.05, 0) is 134 Å². The van der Waals surface area contributed by atoms with Crippen LogP contribution in [0.15, 0.2) is 89.9 Å². The summed E-state index contributed by atoms with van der Waals surface area (Å²) in [7, 11) is 0. The first-order chi connectivity index (χ1) is 27.9. The molecular weight excluding hydrogens is 711 g/mol. The van der Waals surface area contributed by atoms with Gasteiger partial charge in [-0.25, -0.2) is 0 Å². The van der Waals surface area contributed by atoms with Crippen LogP contribution in [-0.4, -0.2) is 47.7 Å². The Morgan fingerprint density at radius 1 is 0.860 bits per heavy atom. The highest BCUT2D eigenvalue weighted by molar-refractivity contribution is 8.00. The lowest BCUT2D eigenvalue weighted by Gasteiger charge is -2.63. The van der Waals surface area contributed by atoms with Crippen LogP contribution < -0.4 is 25.7 Å². The molecule has 2 saturated heterocycles. The highest BCUT2D eigenvalue weighted by atomic mass is 32.2. The Bertz CT molecular complexity index is 2420. The normalized spacial score (nSPS) is 36.5. The van der Waals surface area contributed by atoms with Crippen molar-refractivity contribution >= 4 is 53.0 Å². The average molecular weight is 769 g/mol. The molecule has 2 saturated carbocycles. The highest BCUT2D eigenvalue weighted by Crippen LogP contribution is 2.65. The molecule has 5 heteroatoms. The lowest BCUT2D eigenvalue weighted by Crippen LogP contribution is -2.76. The summed E-state index contributed by atoms with van der Waals surface area (Å²) in [5, 5.41) is 3.24. The fourth-order valence-electron chi connectivity index (χ4n) is 15.2. The maximum atomic E-state index is 7.75. The molecule has 5 aliphatic heterocycles. The van der Waals surface area contributed by atoms with Gasteiger partial charge in [0.1, 0.15) is 0 Å². The number of rotatable bonds is 2. The van der Waals surface area contributed by atoms with Gasteiger partial charge in [-0.15, -0.1) is 11.8 Å². The third-order valence-corrected chi connectivity index (χ3v) is 18.8. The fourth-order valence-corrected chi connectivity index (χ4v) is 16.5. The molecular formula is C52H57BN2OS. The highest BCUT2D eigenvalue weighted by Gasteiger charge is 2.69. The van der Waals surface area contributed by atoms with Gasteiger partial charge >= 0.3 is 0 Å². The number of hydrogen-bond donors (Lipinski definition) is 0.